The SMILES string of the molecule is CC1C(=O)O[C@H]2C1CC[C@@]1(C)C23C=CC(=O)[C@@]31C. The fraction of sp³-hybridized carbons (Fsp3) is 0.733. The van der Waals surface area contributed by atoms with Crippen molar-refractivity contribution in [2.75, 3.05) is 0 Å². The van der Waals surface area contributed by atoms with E-state index < -0.39 is 0 Å². The number of rotatable bonds is 0. The second-order valence-electron chi connectivity index (χ2n) is 6.87. The summed E-state index contributed by atoms with van der Waals surface area (Å²) in [6.45, 7) is 6.22. The molecule has 3 heteroatoms. The van der Waals surface area contributed by atoms with E-state index in [1.165, 1.54) is 0 Å². The maximum Gasteiger partial charge on any atom is 0.309 e. The maximum atomic E-state index is 12.2. The Bertz CT molecular complexity index is 522. The molecule has 0 N–H and O–H groups in total. The molecule has 2 saturated carbocycles. The van der Waals surface area contributed by atoms with E-state index >= 15 is 0 Å². The molecule has 0 aromatic carbocycles. The molecule has 96 valence electrons. The number of hydrogen-bond acceptors (Lipinski definition) is 3. The Morgan fingerprint density at radius 1 is 1.33 bits per heavy atom. The molecule has 0 aromatic rings. The Balaban J connectivity index is 1.87. The lowest BCUT2D eigenvalue weighted by molar-refractivity contribution is -0.146. The number of carbonyl (C=O) groups is 2. The zero-order chi connectivity index (χ0) is 12.9. The number of esters is 1. The van der Waals surface area contributed by atoms with Crippen molar-refractivity contribution in [2.45, 2.75) is 39.7 Å². The van der Waals surface area contributed by atoms with Gasteiger partial charge in [-0.3, -0.25) is 9.59 Å². The van der Waals surface area contributed by atoms with Crippen LogP contribution < -0.4 is 0 Å². The van der Waals surface area contributed by atoms with Gasteiger partial charge in [-0.15, -0.1) is 0 Å². The highest BCUT2D eigenvalue weighted by molar-refractivity contribution is 6.04. The van der Waals surface area contributed by atoms with Gasteiger partial charge in [0, 0.05) is 16.7 Å². The first kappa shape index (κ1) is 10.8. The van der Waals surface area contributed by atoms with Gasteiger partial charge in [0.05, 0.1) is 5.92 Å². The molecule has 0 amide bonds. The summed E-state index contributed by atoms with van der Waals surface area (Å²) < 4.78 is 5.67. The summed E-state index contributed by atoms with van der Waals surface area (Å²) in [6.07, 6.45) is 5.72. The summed E-state index contributed by atoms with van der Waals surface area (Å²) in [5.74, 6) is 0.428. The lowest BCUT2D eigenvalue weighted by atomic mass is 9.70. The van der Waals surface area contributed by atoms with Crippen molar-refractivity contribution in [3.8, 4) is 0 Å². The van der Waals surface area contributed by atoms with Crippen LogP contribution in [0.15, 0.2) is 12.2 Å². The van der Waals surface area contributed by atoms with Crippen molar-refractivity contribution in [1.82, 2.24) is 0 Å². The van der Waals surface area contributed by atoms with Crippen LogP contribution in [0.1, 0.15) is 33.6 Å². The molecule has 1 saturated heterocycles. The molecule has 4 aliphatic rings. The molecule has 3 unspecified atom stereocenters. The highest BCUT2D eigenvalue weighted by Gasteiger charge is 2.90. The minimum atomic E-state index is -0.330. The second kappa shape index (κ2) is 2.59. The van der Waals surface area contributed by atoms with Crippen LogP contribution in [0.2, 0.25) is 0 Å². The van der Waals surface area contributed by atoms with Crippen molar-refractivity contribution < 1.29 is 14.3 Å². The average molecular weight is 246 g/mol. The minimum Gasteiger partial charge on any atom is -0.461 e. The smallest absolute Gasteiger partial charge is 0.309 e. The van der Waals surface area contributed by atoms with E-state index in [0.29, 0.717) is 5.92 Å². The molecule has 1 spiro atoms. The van der Waals surface area contributed by atoms with E-state index in [0.717, 1.165) is 12.8 Å². The number of ether oxygens (including phenoxy) is 1. The normalized spacial score (nSPS) is 60.1. The lowest BCUT2D eigenvalue weighted by Gasteiger charge is -2.34. The topological polar surface area (TPSA) is 43.4 Å². The summed E-state index contributed by atoms with van der Waals surface area (Å²) in [5.41, 5.74) is -0.540. The minimum absolute atomic E-state index is 0.00264. The van der Waals surface area contributed by atoms with Crippen molar-refractivity contribution in [2.24, 2.45) is 28.1 Å². The van der Waals surface area contributed by atoms with E-state index in [9.17, 15) is 9.59 Å². The van der Waals surface area contributed by atoms with Crippen LogP contribution in [0.3, 0.4) is 0 Å². The highest BCUT2D eigenvalue weighted by Crippen LogP contribution is 2.87. The predicted octanol–water partition coefficient (Wildman–Crippen LogP) is 2.11. The molecule has 3 nitrogen and oxygen atoms in total. The molecular weight excluding hydrogens is 228 g/mol. The van der Waals surface area contributed by atoms with Crippen LogP contribution >= 0.6 is 0 Å². The number of hydrogen-bond donors (Lipinski definition) is 0. The average Bonchev–Trinajstić information content (AvgIpc) is 2.56. The Morgan fingerprint density at radius 3 is 2.78 bits per heavy atom. The first-order valence-corrected chi connectivity index (χ1v) is 6.84. The molecule has 0 aromatic heterocycles. The van der Waals surface area contributed by atoms with E-state index in [-0.39, 0.29) is 40.0 Å². The van der Waals surface area contributed by atoms with Gasteiger partial charge in [0.15, 0.2) is 5.78 Å². The number of ketones is 1. The van der Waals surface area contributed by atoms with E-state index in [2.05, 4.69) is 19.9 Å². The molecule has 0 bridgehead atoms. The summed E-state index contributed by atoms with van der Waals surface area (Å²) in [7, 11) is 0. The van der Waals surface area contributed by atoms with Gasteiger partial charge in [-0.1, -0.05) is 26.8 Å². The maximum absolute atomic E-state index is 12.2. The second-order valence-corrected chi connectivity index (χ2v) is 6.87. The van der Waals surface area contributed by atoms with Crippen LogP contribution in [0.4, 0.5) is 0 Å². The van der Waals surface area contributed by atoms with Crippen molar-refractivity contribution in [3.63, 3.8) is 0 Å². The summed E-state index contributed by atoms with van der Waals surface area (Å²) in [6, 6.07) is 0. The third kappa shape index (κ3) is 0.703. The monoisotopic (exact) mass is 246 g/mol. The molecule has 0 radical (unpaired) electrons. The van der Waals surface area contributed by atoms with E-state index in [4.69, 9.17) is 4.74 Å². The van der Waals surface area contributed by atoms with Gasteiger partial charge < -0.3 is 4.74 Å². The van der Waals surface area contributed by atoms with Crippen molar-refractivity contribution in [1.29, 1.82) is 0 Å². The largest absolute Gasteiger partial charge is 0.461 e. The Labute approximate surface area is 107 Å². The van der Waals surface area contributed by atoms with Crippen molar-refractivity contribution >= 4 is 11.8 Å². The van der Waals surface area contributed by atoms with Crippen LogP contribution in [0.5, 0.6) is 0 Å². The summed E-state index contributed by atoms with van der Waals surface area (Å²) >= 11 is 0. The van der Waals surface area contributed by atoms with Crippen LogP contribution in [0.25, 0.3) is 0 Å². The summed E-state index contributed by atoms with van der Waals surface area (Å²) in [4.78, 5) is 24.1. The van der Waals surface area contributed by atoms with Gasteiger partial charge in [0.2, 0.25) is 0 Å². The first-order valence-electron chi connectivity index (χ1n) is 6.84. The molecule has 4 rings (SSSR count). The zero-order valence-corrected chi connectivity index (χ0v) is 11.0. The number of fused-ring (bicyclic) bond motifs is 2. The fourth-order valence-corrected chi connectivity index (χ4v) is 5.45. The van der Waals surface area contributed by atoms with Gasteiger partial charge in [-0.25, -0.2) is 0 Å². The van der Waals surface area contributed by atoms with Crippen LogP contribution in [0, 0.1) is 28.1 Å². The van der Waals surface area contributed by atoms with Gasteiger partial charge in [0.1, 0.15) is 6.10 Å². The Hall–Kier alpha value is -1.12. The van der Waals surface area contributed by atoms with Gasteiger partial charge in [-0.05, 0) is 24.3 Å². The molecule has 6 atom stereocenters. The van der Waals surface area contributed by atoms with Crippen LogP contribution in [-0.2, 0) is 14.3 Å². The highest BCUT2D eigenvalue weighted by atomic mass is 16.6. The van der Waals surface area contributed by atoms with E-state index in [1.54, 1.807) is 6.08 Å². The van der Waals surface area contributed by atoms with Crippen molar-refractivity contribution in [3.05, 3.63) is 12.2 Å². The predicted molar refractivity (Wildman–Crippen MR) is 64.6 cm³/mol. The summed E-state index contributed by atoms with van der Waals surface area (Å²) in [5, 5.41) is 0. The molecule has 1 aliphatic heterocycles. The van der Waals surface area contributed by atoms with Gasteiger partial charge in [0.25, 0.3) is 0 Å². The zero-order valence-electron chi connectivity index (χ0n) is 11.0. The Morgan fingerprint density at radius 2 is 2.06 bits per heavy atom. The number of allylic oxidation sites excluding steroid dienone is 1. The quantitative estimate of drug-likeness (QED) is 0.615. The fourth-order valence-electron chi connectivity index (χ4n) is 5.45. The standard InChI is InChI=1S/C15H18O3/c1-8-9-4-6-13(2)14(3)10(16)5-7-15(13,14)11(9)18-12(8)17/h5,7-9,11H,4,6H2,1-3H3/t8?,9?,11-,13+,14+,15?/m0/s1. The van der Waals surface area contributed by atoms with Gasteiger partial charge >= 0.3 is 5.97 Å². The molecular formula is C15H18O3. The third-order valence-corrected chi connectivity index (χ3v) is 6.84. The molecule has 1 heterocycles. The number of carbonyl (C=O) groups excluding carboxylic acids is 2. The molecule has 3 aliphatic carbocycles. The Kier molecular flexibility index (Phi) is 1.55. The molecule has 3 fully saturated rings. The lowest BCUT2D eigenvalue weighted by Crippen LogP contribution is -2.36. The third-order valence-electron chi connectivity index (χ3n) is 6.84. The molecule has 18 heavy (non-hydrogen) atoms. The van der Waals surface area contributed by atoms with Gasteiger partial charge in [-0.2, -0.15) is 0 Å². The van der Waals surface area contributed by atoms with Crippen LogP contribution in [-0.4, -0.2) is 17.9 Å². The first-order chi connectivity index (χ1) is 8.40. The van der Waals surface area contributed by atoms with E-state index in [1.807, 2.05) is 6.92 Å².